The van der Waals surface area contributed by atoms with Crippen molar-refractivity contribution in [3.05, 3.63) is 62.9 Å². The summed E-state index contributed by atoms with van der Waals surface area (Å²) in [5.74, 6) is 1.25. The van der Waals surface area contributed by atoms with E-state index in [2.05, 4.69) is 15.3 Å². The summed E-state index contributed by atoms with van der Waals surface area (Å²) in [6.07, 6.45) is 1.35. The number of nitrogens with zero attached hydrogens (tertiary/aromatic N) is 4. The molecule has 26 heavy (non-hydrogen) atoms. The van der Waals surface area contributed by atoms with Crippen molar-refractivity contribution < 1.29 is 14.4 Å². The first kappa shape index (κ1) is 16.0. The Labute approximate surface area is 151 Å². The highest BCUT2D eigenvalue weighted by molar-refractivity contribution is 7.71. The van der Waals surface area contributed by atoms with Crippen LogP contribution >= 0.6 is 12.2 Å². The van der Waals surface area contributed by atoms with E-state index >= 15 is 0 Å². The molecule has 0 fully saturated rings. The van der Waals surface area contributed by atoms with E-state index in [1.54, 1.807) is 0 Å². The quantitative estimate of drug-likeness (QED) is 0.328. The van der Waals surface area contributed by atoms with Crippen LogP contribution in [0, 0.1) is 14.9 Å². The van der Waals surface area contributed by atoms with Crippen molar-refractivity contribution in [2.45, 2.75) is 0 Å². The first-order valence-corrected chi connectivity index (χ1v) is 7.89. The van der Waals surface area contributed by atoms with Gasteiger partial charge in [-0.25, -0.2) is 5.10 Å². The molecule has 0 saturated carbocycles. The lowest BCUT2D eigenvalue weighted by molar-refractivity contribution is -0.385. The minimum absolute atomic E-state index is 0.0258. The van der Waals surface area contributed by atoms with Gasteiger partial charge in [0.05, 0.1) is 22.8 Å². The molecular formula is C16H11N5O4S. The predicted molar refractivity (Wildman–Crippen MR) is 95.1 cm³/mol. The molecule has 1 N–H and O–H groups in total. The lowest BCUT2D eigenvalue weighted by Crippen LogP contribution is -1.98. The van der Waals surface area contributed by atoms with Crippen LogP contribution in [0.1, 0.15) is 5.56 Å². The summed E-state index contributed by atoms with van der Waals surface area (Å²) in [6, 6.07) is 12.2. The number of aromatic nitrogens is 3. The van der Waals surface area contributed by atoms with E-state index in [1.807, 2.05) is 30.3 Å². The van der Waals surface area contributed by atoms with Crippen LogP contribution in [0.3, 0.4) is 0 Å². The maximum Gasteiger partial charge on any atom is 0.282 e. The van der Waals surface area contributed by atoms with Gasteiger partial charge in [-0.05, 0) is 18.3 Å². The number of nitro benzene ring substituents is 1. The number of nitrogens with one attached hydrogen (secondary N) is 1. The molecule has 130 valence electrons. The molecule has 0 bridgehead atoms. The van der Waals surface area contributed by atoms with Crippen molar-refractivity contribution >= 4 is 24.1 Å². The Hall–Kier alpha value is -3.53. The second-order valence-corrected chi connectivity index (χ2v) is 5.68. The van der Waals surface area contributed by atoms with Crippen LogP contribution in [0.25, 0.3) is 11.4 Å². The molecule has 1 aliphatic heterocycles. The van der Waals surface area contributed by atoms with Gasteiger partial charge in [0.25, 0.3) is 5.69 Å². The summed E-state index contributed by atoms with van der Waals surface area (Å²) in [6.45, 7) is 0.0258. The molecule has 4 rings (SSSR count). The topological polar surface area (TPSA) is 108 Å². The number of H-pyrrole nitrogens is 1. The van der Waals surface area contributed by atoms with E-state index in [-0.39, 0.29) is 22.8 Å². The fourth-order valence-electron chi connectivity index (χ4n) is 2.50. The molecule has 0 amide bonds. The second-order valence-electron chi connectivity index (χ2n) is 5.30. The molecule has 1 aliphatic rings. The highest BCUT2D eigenvalue weighted by atomic mass is 32.1. The van der Waals surface area contributed by atoms with Crippen LogP contribution in [0.5, 0.6) is 11.5 Å². The Morgan fingerprint density at radius 3 is 2.73 bits per heavy atom. The van der Waals surface area contributed by atoms with Crippen LogP contribution in [0.15, 0.2) is 47.6 Å². The molecule has 0 saturated heterocycles. The SMILES string of the molecule is O=[N+]([O-])c1cc2c(cc1/C=N\n1c(-c3ccccc3)n[nH]c1=S)OCO2. The Kier molecular flexibility index (Phi) is 3.93. The number of benzene rings is 2. The third kappa shape index (κ3) is 2.82. The van der Waals surface area contributed by atoms with Gasteiger partial charge in [0, 0.05) is 5.56 Å². The van der Waals surface area contributed by atoms with Crippen molar-refractivity contribution in [3.8, 4) is 22.9 Å². The van der Waals surface area contributed by atoms with Crippen LogP contribution < -0.4 is 9.47 Å². The summed E-state index contributed by atoms with van der Waals surface area (Å²) in [7, 11) is 0. The van der Waals surface area contributed by atoms with Crippen LogP contribution in [-0.4, -0.2) is 32.8 Å². The Balaban J connectivity index is 1.78. The molecule has 0 atom stereocenters. The lowest BCUT2D eigenvalue weighted by Gasteiger charge is -2.02. The van der Waals surface area contributed by atoms with Crippen molar-refractivity contribution in [2.24, 2.45) is 5.10 Å². The normalized spacial score (nSPS) is 12.6. The maximum absolute atomic E-state index is 11.3. The van der Waals surface area contributed by atoms with Gasteiger partial charge in [0.2, 0.25) is 11.6 Å². The van der Waals surface area contributed by atoms with Crippen molar-refractivity contribution in [2.75, 3.05) is 6.79 Å². The zero-order chi connectivity index (χ0) is 18.1. The molecule has 10 heteroatoms. The monoisotopic (exact) mass is 369 g/mol. The standard InChI is InChI=1S/C16H11N5O4S/c22-21(23)12-7-14-13(24-9-25-14)6-11(12)8-17-20-15(18-19-16(20)26)10-4-2-1-3-5-10/h1-8H,9H2,(H,19,26)/b17-8-. The van der Waals surface area contributed by atoms with Crippen LogP contribution in [0.4, 0.5) is 5.69 Å². The van der Waals surface area contributed by atoms with Gasteiger partial charge >= 0.3 is 0 Å². The van der Waals surface area contributed by atoms with Gasteiger partial charge < -0.3 is 9.47 Å². The molecule has 2 aromatic carbocycles. The van der Waals surface area contributed by atoms with Crippen LogP contribution in [0.2, 0.25) is 0 Å². The second kappa shape index (κ2) is 6.41. The minimum atomic E-state index is -0.504. The number of fused-ring (bicyclic) bond motifs is 1. The maximum atomic E-state index is 11.3. The zero-order valence-corrected chi connectivity index (χ0v) is 14.0. The molecule has 2 heterocycles. The van der Waals surface area contributed by atoms with Crippen LogP contribution in [-0.2, 0) is 0 Å². The number of nitro groups is 1. The summed E-state index contributed by atoms with van der Waals surface area (Å²) in [5, 5.41) is 22.5. The third-order valence-electron chi connectivity index (χ3n) is 3.71. The summed E-state index contributed by atoms with van der Waals surface area (Å²) in [4.78, 5) is 10.8. The van der Waals surface area contributed by atoms with E-state index in [1.165, 1.54) is 23.0 Å². The van der Waals surface area contributed by atoms with Gasteiger partial charge in [-0.2, -0.15) is 14.9 Å². The predicted octanol–water partition coefficient (Wildman–Crippen LogP) is 3.13. The summed E-state index contributed by atoms with van der Waals surface area (Å²) < 4.78 is 12.1. The van der Waals surface area contributed by atoms with Gasteiger partial charge in [-0.3, -0.25) is 10.1 Å². The van der Waals surface area contributed by atoms with Gasteiger partial charge in [-0.1, -0.05) is 30.3 Å². The highest BCUT2D eigenvalue weighted by Crippen LogP contribution is 2.37. The Morgan fingerprint density at radius 2 is 2.00 bits per heavy atom. The van der Waals surface area contributed by atoms with E-state index in [4.69, 9.17) is 21.7 Å². The van der Waals surface area contributed by atoms with Crippen molar-refractivity contribution in [1.29, 1.82) is 0 Å². The molecular weight excluding hydrogens is 358 g/mol. The Bertz CT molecular complexity index is 1070. The first-order valence-electron chi connectivity index (χ1n) is 7.49. The molecule has 0 radical (unpaired) electrons. The summed E-state index contributed by atoms with van der Waals surface area (Å²) >= 11 is 5.20. The van der Waals surface area contributed by atoms with Crippen molar-refractivity contribution in [3.63, 3.8) is 0 Å². The smallest absolute Gasteiger partial charge is 0.282 e. The molecule has 3 aromatic rings. The van der Waals surface area contributed by atoms with E-state index < -0.39 is 4.92 Å². The third-order valence-corrected chi connectivity index (χ3v) is 3.98. The molecule has 1 aromatic heterocycles. The fourth-order valence-corrected chi connectivity index (χ4v) is 2.68. The highest BCUT2D eigenvalue weighted by Gasteiger charge is 2.22. The molecule has 0 spiro atoms. The van der Waals surface area contributed by atoms with E-state index in [9.17, 15) is 10.1 Å². The fraction of sp³-hybridized carbons (Fsp3) is 0.0625. The first-order chi connectivity index (χ1) is 12.6. The average Bonchev–Trinajstić information content (AvgIpc) is 3.25. The van der Waals surface area contributed by atoms with Gasteiger partial charge in [0.1, 0.15) is 0 Å². The number of hydrogen-bond acceptors (Lipinski definition) is 7. The zero-order valence-electron chi connectivity index (χ0n) is 13.2. The Morgan fingerprint density at radius 1 is 1.27 bits per heavy atom. The molecule has 0 aliphatic carbocycles. The molecule has 9 nitrogen and oxygen atoms in total. The lowest BCUT2D eigenvalue weighted by atomic mass is 10.1. The average molecular weight is 369 g/mol. The van der Waals surface area contributed by atoms with Crippen molar-refractivity contribution in [1.82, 2.24) is 14.9 Å². The minimum Gasteiger partial charge on any atom is -0.454 e. The van der Waals surface area contributed by atoms with E-state index in [0.29, 0.717) is 17.3 Å². The summed E-state index contributed by atoms with van der Waals surface area (Å²) in [5.41, 5.74) is 0.924. The van der Waals surface area contributed by atoms with E-state index in [0.717, 1.165) is 5.56 Å². The largest absolute Gasteiger partial charge is 0.454 e. The molecule has 0 unspecified atom stereocenters. The number of hydrogen-bond donors (Lipinski definition) is 1. The number of rotatable bonds is 4. The van der Waals surface area contributed by atoms with Gasteiger partial charge in [-0.15, -0.1) is 0 Å². The van der Waals surface area contributed by atoms with Gasteiger partial charge in [0.15, 0.2) is 17.3 Å². The number of ether oxygens (including phenoxy) is 2. The number of aromatic amines is 1.